The van der Waals surface area contributed by atoms with Crippen LogP contribution in [0.3, 0.4) is 0 Å². The van der Waals surface area contributed by atoms with Gasteiger partial charge in [-0.3, -0.25) is 9.69 Å². The normalized spacial score (nSPS) is 17.0. The Morgan fingerprint density at radius 1 is 1.19 bits per heavy atom. The third-order valence-corrected chi connectivity index (χ3v) is 4.53. The van der Waals surface area contributed by atoms with Gasteiger partial charge >= 0.3 is 0 Å². The van der Waals surface area contributed by atoms with Crippen LogP contribution in [0.15, 0.2) is 40.9 Å². The SMILES string of the molecule is Cc1cc(CN2CCN(C(=O)C(C)(N)c3ccccc3)CC2)on1.Cl.Cl. The van der Waals surface area contributed by atoms with Crippen molar-refractivity contribution in [3.05, 3.63) is 53.4 Å². The van der Waals surface area contributed by atoms with E-state index in [1.165, 1.54) is 0 Å². The first-order chi connectivity index (χ1) is 11.5. The molecule has 6 nitrogen and oxygen atoms in total. The van der Waals surface area contributed by atoms with E-state index in [1.54, 1.807) is 6.92 Å². The smallest absolute Gasteiger partial charge is 0.247 e. The molecule has 0 radical (unpaired) electrons. The number of aryl methyl sites for hydroxylation is 1. The van der Waals surface area contributed by atoms with Crippen LogP contribution in [0.2, 0.25) is 0 Å². The fourth-order valence-corrected chi connectivity index (χ4v) is 3.06. The van der Waals surface area contributed by atoms with Gasteiger partial charge in [0.1, 0.15) is 5.54 Å². The van der Waals surface area contributed by atoms with Crippen LogP contribution in [-0.2, 0) is 16.9 Å². The first-order valence-corrected chi connectivity index (χ1v) is 8.25. The molecule has 1 fully saturated rings. The molecule has 144 valence electrons. The van der Waals surface area contributed by atoms with Gasteiger partial charge in [0.25, 0.3) is 0 Å². The third-order valence-electron chi connectivity index (χ3n) is 4.53. The zero-order valence-corrected chi connectivity index (χ0v) is 16.7. The Morgan fingerprint density at radius 2 is 1.81 bits per heavy atom. The highest BCUT2D eigenvalue weighted by atomic mass is 35.5. The zero-order valence-electron chi connectivity index (χ0n) is 15.1. The number of carbonyl (C=O) groups is 1. The van der Waals surface area contributed by atoms with Crippen LogP contribution in [0.1, 0.15) is 23.9 Å². The van der Waals surface area contributed by atoms with Crippen LogP contribution in [0, 0.1) is 6.92 Å². The van der Waals surface area contributed by atoms with Gasteiger partial charge in [0.2, 0.25) is 5.91 Å². The van der Waals surface area contributed by atoms with Gasteiger partial charge in [-0.15, -0.1) is 24.8 Å². The van der Waals surface area contributed by atoms with Crippen molar-refractivity contribution in [3.8, 4) is 0 Å². The molecule has 1 unspecified atom stereocenters. The minimum atomic E-state index is -0.995. The number of halogens is 2. The molecule has 2 heterocycles. The third kappa shape index (κ3) is 4.98. The first-order valence-electron chi connectivity index (χ1n) is 8.25. The summed E-state index contributed by atoms with van der Waals surface area (Å²) in [7, 11) is 0. The van der Waals surface area contributed by atoms with Crippen molar-refractivity contribution in [1.29, 1.82) is 0 Å². The summed E-state index contributed by atoms with van der Waals surface area (Å²) < 4.78 is 5.26. The minimum absolute atomic E-state index is 0. The second-order valence-electron chi connectivity index (χ2n) is 6.57. The molecule has 0 bridgehead atoms. The molecular weight excluding hydrogens is 375 g/mol. The van der Waals surface area contributed by atoms with Gasteiger partial charge in [0.05, 0.1) is 12.2 Å². The van der Waals surface area contributed by atoms with Crippen molar-refractivity contribution in [2.24, 2.45) is 5.73 Å². The predicted molar refractivity (Wildman–Crippen MR) is 106 cm³/mol. The highest BCUT2D eigenvalue weighted by Gasteiger charge is 2.35. The number of hydrogen-bond donors (Lipinski definition) is 1. The number of aromatic nitrogens is 1. The Bertz CT molecular complexity index is 698. The van der Waals surface area contributed by atoms with E-state index >= 15 is 0 Å². The second kappa shape index (κ2) is 9.37. The van der Waals surface area contributed by atoms with E-state index in [0.29, 0.717) is 13.1 Å². The van der Waals surface area contributed by atoms with E-state index in [1.807, 2.05) is 48.2 Å². The van der Waals surface area contributed by atoms with E-state index in [9.17, 15) is 4.79 Å². The minimum Gasteiger partial charge on any atom is -0.360 e. The Kier molecular flexibility index (Phi) is 8.09. The van der Waals surface area contributed by atoms with Crippen molar-refractivity contribution in [1.82, 2.24) is 15.0 Å². The fourth-order valence-electron chi connectivity index (χ4n) is 3.06. The first kappa shape index (κ1) is 22.4. The van der Waals surface area contributed by atoms with Gasteiger partial charge in [-0.2, -0.15) is 0 Å². The van der Waals surface area contributed by atoms with Crippen LogP contribution in [0.25, 0.3) is 0 Å². The lowest BCUT2D eigenvalue weighted by Crippen LogP contribution is -2.56. The molecule has 0 spiro atoms. The largest absolute Gasteiger partial charge is 0.360 e. The lowest BCUT2D eigenvalue weighted by atomic mass is 9.91. The number of amides is 1. The van der Waals surface area contributed by atoms with Gasteiger partial charge in [-0.1, -0.05) is 35.5 Å². The fraction of sp³-hybridized carbons (Fsp3) is 0.444. The summed E-state index contributed by atoms with van der Waals surface area (Å²) in [5.41, 5.74) is 7.08. The van der Waals surface area contributed by atoms with Gasteiger partial charge in [0.15, 0.2) is 5.76 Å². The maximum Gasteiger partial charge on any atom is 0.247 e. The summed E-state index contributed by atoms with van der Waals surface area (Å²) in [6.45, 7) is 7.37. The molecule has 0 saturated carbocycles. The van der Waals surface area contributed by atoms with E-state index in [2.05, 4.69) is 10.1 Å². The van der Waals surface area contributed by atoms with Crippen molar-refractivity contribution in [2.45, 2.75) is 25.9 Å². The molecule has 1 amide bonds. The molecular formula is C18H26Cl2N4O2. The van der Waals surface area contributed by atoms with Crippen molar-refractivity contribution < 1.29 is 9.32 Å². The number of carbonyl (C=O) groups excluding carboxylic acids is 1. The molecule has 1 saturated heterocycles. The Labute approximate surface area is 166 Å². The molecule has 26 heavy (non-hydrogen) atoms. The molecule has 1 aliphatic heterocycles. The van der Waals surface area contributed by atoms with Crippen molar-refractivity contribution in [2.75, 3.05) is 26.2 Å². The number of hydrogen-bond acceptors (Lipinski definition) is 5. The molecule has 1 aromatic carbocycles. The van der Waals surface area contributed by atoms with Gasteiger partial charge < -0.3 is 15.2 Å². The molecule has 3 rings (SSSR count). The Balaban J connectivity index is 0.00000169. The van der Waals surface area contributed by atoms with Crippen LogP contribution < -0.4 is 5.73 Å². The molecule has 1 aromatic heterocycles. The Morgan fingerprint density at radius 3 is 2.35 bits per heavy atom. The molecule has 0 aliphatic carbocycles. The Hall–Kier alpha value is -1.60. The van der Waals surface area contributed by atoms with Gasteiger partial charge in [-0.05, 0) is 19.4 Å². The van der Waals surface area contributed by atoms with Crippen molar-refractivity contribution in [3.63, 3.8) is 0 Å². The lowest BCUT2D eigenvalue weighted by Gasteiger charge is -2.38. The number of benzene rings is 1. The zero-order chi connectivity index (χ0) is 17.2. The second-order valence-corrected chi connectivity index (χ2v) is 6.57. The number of rotatable bonds is 4. The summed E-state index contributed by atoms with van der Waals surface area (Å²) in [5, 5.41) is 3.91. The van der Waals surface area contributed by atoms with Gasteiger partial charge in [-0.25, -0.2) is 0 Å². The van der Waals surface area contributed by atoms with E-state index < -0.39 is 5.54 Å². The molecule has 1 atom stereocenters. The average Bonchev–Trinajstić information content (AvgIpc) is 3.00. The maximum atomic E-state index is 12.8. The molecule has 1 aliphatic rings. The summed E-state index contributed by atoms with van der Waals surface area (Å²) in [4.78, 5) is 17.0. The number of piperazine rings is 1. The summed E-state index contributed by atoms with van der Waals surface area (Å²) in [6.07, 6.45) is 0. The maximum absolute atomic E-state index is 12.8. The van der Waals surface area contributed by atoms with Crippen LogP contribution in [0.4, 0.5) is 0 Å². The van der Waals surface area contributed by atoms with Crippen molar-refractivity contribution >= 4 is 30.7 Å². The standard InChI is InChI=1S/C18H24N4O2.2ClH/c1-14-12-16(24-20-14)13-21-8-10-22(11-9-21)17(23)18(2,19)15-6-4-3-5-7-15;;/h3-7,12H,8-11,13,19H2,1-2H3;2*1H. The highest BCUT2D eigenvalue weighted by Crippen LogP contribution is 2.21. The van der Waals surface area contributed by atoms with Crippen LogP contribution >= 0.6 is 24.8 Å². The summed E-state index contributed by atoms with van der Waals surface area (Å²) >= 11 is 0. The van der Waals surface area contributed by atoms with Crippen LogP contribution in [0.5, 0.6) is 0 Å². The average molecular weight is 401 g/mol. The number of nitrogens with two attached hydrogens (primary N) is 1. The monoisotopic (exact) mass is 400 g/mol. The highest BCUT2D eigenvalue weighted by molar-refractivity contribution is 5.87. The topological polar surface area (TPSA) is 75.6 Å². The lowest BCUT2D eigenvalue weighted by molar-refractivity contribution is -0.138. The quantitative estimate of drug-likeness (QED) is 0.851. The summed E-state index contributed by atoms with van der Waals surface area (Å²) in [5.74, 6) is 0.837. The van der Waals surface area contributed by atoms with E-state index in [4.69, 9.17) is 10.3 Å². The summed E-state index contributed by atoms with van der Waals surface area (Å²) in [6, 6.07) is 11.5. The molecule has 2 N–H and O–H groups in total. The predicted octanol–water partition coefficient (Wildman–Crippen LogP) is 2.34. The van der Waals surface area contributed by atoms with Gasteiger partial charge in [0, 0.05) is 32.2 Å². The van der Waals surface area contributed by atoms with Crippen LogP contribution in [-0.4, -0.2) is 47.0 Å². The molecule has 8 heteroatoms. The van der Waals surface area contributed by atoms with E-state index in [0.717, 1.165) is 36.7 Å². The van der Waals surface area contributed by atoms with E-state index in [-0.39, 0.29) is 30.7 Å². The molecule has 2 aromatic rings. The number of nitrogens with zero attached hydrogens (tertiary/aromatic N) is 3.